The highest BCUT2D eigenvalue weighted by atomic mass is 16.3. The van der Waals surface area contributed by atoms with Crippen molar-refractivity contribution >= 4 is 23.4 Å². The second-order valence-electron chi connectivity index (χ2n) is 6.67. The number of aliphatic hydroxyl groups is 1. The average molecular weight is 344 g/mol. The predicted octanol–water partition coefficient (Wildman–Crippen LogP) is -0.460. The lowest BCUT2D eigenvalue weighted by molar-refractivity contribution is -0.136. The van der Waals surface area contributed by atoms with Gasteiger partial charge in [-0.15, -0.1) is 0 Å². The zero-order valence-electron chi connectivity index (χ0n) is 13.6. The van der Waals surface area contributed by atoms with Gasteiger partial charge in [-0.2, -0.15) is 0 Å². The monoisotopic (exact) mass is 344 g/mol. The number of hydrogen-bond donors (Lipinski definition) is 4. The van der Waals surface area contributed by atoms with Crippen LogP contribution in [0.25, 0.3) is 0 Å². The van der Waals surface area contributed by atoms with Crippen molar-refractivity contribution in [3.63, 3.8) is 0 Å². The van der Waals surface area contributed by atoms with Gasteiger partial charge in [0.1, 0.15) is 12.3 Å². The van der Waals surface area contributed by atoms with E-state index in [9.17, 15) is 19.5 Å². The summed E-state index contributed by atoms with van der Waals surface area (Å²) >= 11 is 0. The van der Waals surface area contributed by atoms with E-state index < -0.39 is 18.2 Å². The van der Waals surface area contributed by atoms with E-state index in [0.29, 0.717) is 17.7 Å². The molecule has 4 N–H and O–H groups in total. The van der Waals surface area contributed by atoms with Crippen LogP contribution in [0.5, 0.6) is 0 Å². The van der Waals surface area contributed by atoms with E-state index in [1.54, 1.807) is 12.1 Å². The number of aliphatic hydroxyl groups excluding tert-OH is 1. The second-order valence-corrected chi connectivity index (χ2v) is 6.67. The lowest BCUT2D eigenvalue weighted by atomic mass is 10.0. The van der Waals surface area contributed by atoms with Crippen LogP contribution in [0.2, 0.25) is 0 Å². The quantitative estimate of drug-likeness (QED) is 0.435. The van der Waals surface area contributed by atoms with Gasteiger partial charge in [0.2, 0.25) is 11.8 Å². The molecule has 8 nitrogen and oxygen atoms in total. The second kappa shape index (κ2) is 6.12. The van der Waals surface area contributed by atoms with Crippen molar-refractivity contribution in [3.8, 4) is 0 Å². The Morgan fingerprint density at radius 1 is 1.24 bits per heavy atom. The standard InChI is InChI=1S/C17H20N4O4/c22-14-5-4-13(16(24)20-14)21-8-10-9(17(21)25)2-1-3-11(10)19-15(23)12-6-7-18-12/h1-3,12-13,15,18-19,23H,4-8H2,(H,20,22,24). The van der Waals surface area contributed by atoms with Gasteiger partial charge >= 0.3 is 0 Å². The SMILES string of the molecule is O=C1CCC(N2Cc3c(NC(O)C4CCN4)cccc3C2=O)C(=O)N1. The van der Waals surface area contributed by atoms with E-state index in [1.807, 2.05) is 6.07 Å². The van der Waals surface area contributed by atoms with Gasteiger partial charge in [-0.3, -0.25) is 19.7 Å². The summed E-state index contributed by atoms with van der Waals surface area (Å²) in [5.74, 6) is -0.945. The van der Waals surface area contributed by atoms with Crippen LogP contribution in [0, 0.1) is 0 Å². The van der Waals surface area contributed by atoms with Crippen molar-refractivity contribution in [3.05, 3.63) is 29.3 Å². The minimum Gasteiger partial charge on any atom is -0.372 e. The van der Waals surface area contributed by atoms with Crippen molar-refractivity contribution in [2.24, 2.45) is 0 Å². The predicted molar refractivity (Wildman–Crippen MR) is 88.5 cm³/mol. The van der Waals surface area contributed by atoms with Gasteiger partial charge < -0.3 is 20.6 Å². The molecule has 0 aliphatic carbocycles. The first-order valence-corrected chi connectivity index (χ1v) is 8.49. The smallest absolute Gasteiger partial charge is 0.255 e. The maximum Gasteiger partial charge on any atom is 0.255 e. The summed E-state index contributed by atoms with van der Waals surface area (Å²) in [6, 6.07) is 4.67. The fraction of sp³-hybridized carbons (Fsp3) is 0.471. The molecule has 3 heterocycles. The average Bonchev–Trinajstić information content (AvgIpc) is 2.84. The van der Waals surface area contributed by atoms with Crippen LogP contribution in [0.15, 0.2) is 18.2 Å². The number of anilines is 1. The number of nitrogens with one attached hydrogen (secondary N) is 3. The Morgan fingerprint density at radius 3 is 2.72 bits per heavy atom. The fourth-order valence-electron chi connectivity index (χ4n) is 3.56. The summed E-state index contributed by atoms with van der Waals surface area (Å²) in [6.45, 7) is 1.17. The summed E-state index contributed by atoms with van der Waals surface area (Å²) < 4.78 is 0. The van der Waals surface area contributed by atoms with E-state index in [2.05, 4.69) is 16.0 Å². The van der Waals surface area contributed by atoms with Gasteiger partial charge in [0.05, 0.1) is 6.04 Å². The Balaban J connectivity index is 1.55. The van der Waals surface area contributed by atoms with Crippen LogP contribution in [0.1, 0.15) is 35.2 Å². The molecule has 2 saturated heterocycles. The lowest BCUT2D eigenvalue weighted by Gasteiger charge is -2.33. The normalized spacial score (nSPS) is 26.8. The fourth-order valence-corrected chi connectivity index (χ4v) is 3.56. The summed E-state index contributed by atoms with van der Waals surface area (Å²) in [5, 5.41) is 18.7. The number of hydrogen-bond acceptors (Lipinski definition) is 6. The Labute approximate surface area is 144 Å². The molecule has 132 valence electrons. The summed E-state index contributed by atoms with van der Waals surface area (Å²) in [4.78, 5) is 37.7. The molecular formula is C17H20N4O4. The number of rotatable bonds is 4. The number of imide groups is 1. The molecule has 0 aromatic heterocycles. The van der Waals surface area contributed by atoms with Gasteiger partial charge in [0, 0.05) is 29.8 Å². The van der Waals surface area contributed by atoms with Crippen LogP contribution < -0.4 is 16.0 Å². The number of piperidine rings is 1. The molecular weight excluding hydrogens is 324 g/mol. The number of carbonyl (C=O) groups excluding carboxylic acids is 3. The third kappa shape index (κ3) is 2.77. The zero-order valence-corrected chi connectivity index (χ0v) is 13.6. The van der Waals surface area contributed by atoms with E-state index in [0.717, 1.165) is 18.5 Å². The van der Waals surface area contributed by atoms with Crippen molar-refractivity contribution in [2.75, 3.05) is 11.9 Å². The van der Waals surface area contributed by atoms with Gasteiger partial charge in [-0.25, -0.2) is 0 Å². The Hall–Kier alpha value is -2.45. The summed E-state index contributed by atoms with van der Waals surface area (Å²) in [7, 11) is 0. The third-order valence-corrected chi connectivity index (χ3v) is 5.13. The highest BCUT2D eigenvalue weighted by Gasteiger charge is 2.40. The number of amides is 3. The molecule has 1 aromatic rings. The largest absolute Gasteiger partial charge is 0.372 e. The van der Waals surface area contributed by atoms with Crippen LogP contribution in [-0.4, -0.2) is 52.6 Å². The van der Waals surface area contributed by atoms with Crippen LogP contribution in [-0.2, 0) is 16.1 Å². The molecule has 2 fully saturated rings. The molecule has 3 aliphatic heterocycles. The number of nitrogens with zero attached hydrogens (tertiary/aromatic N) is 1. The van der Waals surface area contributed by atoms with E-state index in [1.165, 1.54) is 4.90 Å². The number of benzene rings is 1. The maximum atomic E-state index is 12.7. The van der Waals surface area contributed by atoms with Gasteiger partial charge in [0.25, 0.3) is 5.91 Å². The van der Waals surface area contributed by atoms with Crippen molar-refractivity contribution < 1.29 is 19.5 Å². The summed E-state index contributed by atoms with van der Waals surface area (Å²) in [6.07, 6.45) is 0.722. The minimum absolute atomic E-state index is 0.000742. The Kier molecular flexibility index (Phi) is 3.93. The van der Waals surface area contributed by atoms with Gasteiger partial charge in [-0.1, -0.05) is 6.07 Å². The first-order valence-electron chi connectivity index (χ1n) is 8.49. The molecule has 0 spiro atoms. The Bertz CT molecular complexity index is 746. The highest BCUT2D eigenvalue weighted by molar-refractivity contribution is 6.06. The topological polar surface area (TPSA) is 111 Å². The maximum absolute atomic E-state index is 12.7. The molecule has 3 aliphatic rings. The number of fused-ring (bicyclic) bond motifs is 1. The molecule has 3 amide bonds. The number of carbonyl (C=O) groups is 3. The van der Waals surface area contributed by atoms with Crippen molar-refractivity contribution in [2.45, 2.75) is 44.1 Å². The molecule has 8 heteroatoms. The zero-order chi connectivity index (χ0) is 17.6. The van der Waals surface area contributed by atoms with E-state index >= 15 is 0 Å². The van der Waals surface area contributed by atoms with Crippen molar-refractivity contribution in [1.82, 2.24) is 15.5 Å². The first kappa shape index (κ1) is 16.0. The highest BCUT2D eigenvalue weighted by Crippen LogP contribution is 2.32. The molecule has 4 rings (SSSR count). The molecule has 3 atom stereocenters. The van der Waals surface area contributed by atoms with Crippen molar-refractivity contribution in [1.29, 1.82) is 0 Å². The molecule has 1 aromatic carbocycles. The van der Waals surface area contributed by atoms with Crippen LogP contribution >= 0.6 is 0 Å². The van der Waals surface area contributed by atoms with E-state index in [4.69, 9.17) is 0 Å². The third-order valence-electron chi connectivity index (χ3n) is 5.13. The van der Waals surface area contributed by atoms with Crippen LogP contribution in [0.3, 0.4) is 0 Å². The molecule has 0 bridgehead atoms. The van der Waals surface area contributed by atoms with Gasteiger partial charge in [-0.05, 0) is 31.5 Å². The van der Waals surface area contributed by atoms with Gasteiger partial charge in [0.15, 0.2) is 0 Å². The van der Waals surface area contributed by atoms with Crippen LogP contribution in [0.4, 0.5) is 5.69 Å². The minimum atomic E-state index is -0.736. The molecule has 0 radical (unpaired) electrons. The molecule has 25 heavy (non-hydrogen) atoms. The Morgan fingerprint density at radius 2 is 2.04 bits per heavy atom. The molecule has 0 saturated carbocycles. The lowest BCUT2D eigenvalue weighted by Crippen LogP contribution is -2.53. The summed E-state index contributed by atoms with van der Waals surface area (Å²) in [5.41, 5.74) is 2.00. The first-order chi connectivity index (χ1) is 12.0. The molecule has 3 unspecified atom stereocenters. The van der Waals surface area contributed by atoms with E-state index in [-0.39, 0.29) is 30.8 Å².